The van der Waals surface area contributed by atoms with E-state index in [0.29, 0.717) is 30.8 Å². The number of carbonyl (C=O) groups excluding carboxylic acids is 2. The van der Waals surface area contributed by atoms with Gasteiger partial charge in [-0.25, -0.2) is 9.78 Å². The van der Waals surface area contributed by atoms with Gasteiger partial charge in [-0.1, -0.05) is 30.3 Å². The first-order valence-electron chi connectivity index (χ1n) is 10.9. The van der Waals surface area contributed by atoms with Crippen LogP contribution in [0.4, 0.5) is 0 Å². The van der Waals surface area contributed by atoms with Crippen LogP contribution < -0.4 is 4.74 Å². The Labute approximate surface area is 193 Å². The first-order chi connectivity index (χ1) is 15.9. The van der Waals surface area contributed by atoms with E-state index in [0.717, 1.165) is 5.56 Å². The summed E-state index contributed by atoms with van der Waals surface area (Å²) in [6.07, 6.45) is -0.918. The molecule has 1 aliphatic heterocycles. The highest BCUT2D eigenvalue weighted by atomic mass is 17.2. The van der Waals surface area contributed by atoms with Crippen LogP contribution >= 0.6 is 0 Å². The van der Waals surface area contributed by atoms with Crippen LogP contribution in [0.3, 0.4) is 0 Å². The van der Waals surface area contributed by atoms with Crippen molar-refractivity contribution >= 4 is 11.8 Å². The number of benzene rings is 2. The second-order valence-corrected chi connectivity index (χ2v) is 7.82. The molecule has 1 saturated heterocycles. The predicted octanol–water partition coefficient (Wildman–Crippen LogP) is 3.87. The number of hydrogen-bond donors (Lipinski definition) is 0. The largest absolute Gasteiger partial charge is 0.465 e. The first-order valence-corrected chi connectivity index (χ1v) is 10.9. The zero-order valence-corrected chi connectivity index (χ0v) is 19.1. The molecule has 1 fully saturated rings. The molecule has 0 amide bonds. The van der Waals surface area contributed by atoms with Crippen LogP contribution in [0.1, 0.15) is 42.6 Å². The quantitative estimate of drug-likeness (QED) is 0.217. The van der Waals surface area contributed by atoms with Crippen LogP contribution in [0.15, 0.2) is 54.6 Å². The van der Waals surface area contributed by atoms with Gasteiger partial charge in [-0.15, -0.1) is 0 Å². The van der Waals surface area contributed by atoms with Crippen LogP contribution in [-0.2, 0) is 35.4 Å². The van der Waals surface area contributed by atoms with Gasteiger partial charge in [0.05, 0.1) is 19.8 Å². The van der Waals surface area contributed by atoms with Gasteiger partial charge in [0.15, 0.2) is 5.78 Å². The van der Waals surface area contributed by atoms with Crippen molar-refractivity contribution in [1.82, 2.24) is 0 Å². The minimum absolute atomic E-state index is 0.00995. The van der Waals surface area contributed by atoms with Crippen LogP contribution in [-0.4, -0.2) is 50.1 Å². The van der Waals surface area contributed by atoms with Crippen molar-refractivity contribution < 1.29 is 38.3 Å². The average molecular weight is 459 g/mol. The molecule has 3 rings (SSSR count). The summed E-state index contributed by atoms with van der Waals surface area (Å²) in [6.45, 7) is 3.54. The Balaban J connectivity index is 1.54. The third-order valence-electron chi connectivity index (χ3n) is 5.17. The van der Waals surface area contributed by atoms with Crippen LogP contribution in [0, 0.1) is 0 Å². The number of Topliss-reactive ketones (excluding diaryl/α,β-unsaturated/α-hetero) is 1. The van der Waals surface area contributed by atoms with Crippen LogP contribution in [0.5, 0.6) is 5.75 Å². The van der Waals surface area contributed by atoms with Gasteiger partial charge < -0.3 is 18.9 Å². The summed E-state index contributed by atoms with van der Waals surface area (Å²) in [5.74, 6) is 0.0493. The Bertz CT molecular complexity index is 883. The van der Waals surface area contributed by atoms with E-state index < -0.39 is 6.29 Å². The molecule has 1 heterocycles. The summed E-state index contributed by atoms with van der Waals surface area (Å²) in [5, 5.41) is 0. The highest BCUT2D eigenvalue weighted by Crippen LogP contribution is 2.28. The fourth-order valence-corrected chi connectivity index (χ4v) is 3.59. The van der Waals surface area contributed by atoms with Crippen molar-refractivity contribution in [1.29, 1.82) is 0 Å². The van der Waals surface area contributed by atoms with Crippen molar-refractivity contribution in [3.63, 3.8) is 0 Å². The molecule has 1 aliphatic rings. The smallest absolute Gasteiger partial charge is 0.302 e. The van der Waals surface area contributed by atoms with E-state index in [1.165, 1.54) is 14.0 Å². The SMILES string of the molecule is COOC(C)C1CC(OC(C)=O)CC(Oc2ccc(C(=O)COCc3ccccc3)cc2)O1. The lowest BCUT2D eigenvalue weighted by Gasteiger charge is -2.36. The summed E-state index contributed by atoms with van der Waals surface area (Å²) < 4.78 is 22.8. The lowest BCUT2D eigenvalue weighted by atomic mass is 10.0. The van der Waals surface area contributed by atoms with E-state index in [1.54, 1.807) is 24.3 Å². The maximum absolute atomic E-state index is 12.4. The predicted molar refractivity (Wildman–Crippen MR) is 119 cm³/mol. The summed E-state index contributed by atoms with van der Waals surface area (Å²) in [7, 11) is 1.42. The minimum Gasteiger partial charge on any atom is -0.465 e. The molecule has 8 heteroatoms. The average Bonchev–Trinajstić information content (AvgIpc) is 2.80. The zero-order chi connectivity index (χ0) is 23.6. The molecule has 0 saturated carbocycles. The number of hydrogen-bond acceptors (Lipinski definition) is 8. The van der Waals surface area contributed by atoms with E-state index in [4.69, 9.17) is 28.7 Å². The molecule has 4 unspecified atom stereocenters. The van der Waals surface area contributed by atoms with Crippen molar-refractivity contribution in [3.8, 4) is 5.75 Å². The number of ether oxygens (including phenoxy) is 4. The third-order valence-corrected chi connectivity index (χ3v) is 5.17. The molecule has 2 aromatic rings. The Kier molecular flexibility index (Phi) is 9.38. The number of esters is 1. The molecule has 178 valence electrons. The maximum atomic E-state index is 12.4. The molecule has 0 aliphatic carbocycles. The summed E-state index contributed by atoms with van der Waals surface area (Å²) in [4.78, 5) is 33.7. The van der Waals surface area contributed by atoms with Crippen molar-refractivity contribution in [3.05, 3.63) is 65.7 Å². The maximum Gasteiger partial charge on any atom is 0.302 e. The van der Waals surface area contributed by atoms with E-state index in [2.05, 4.69) is 0 Å². The van der Waals surface area contributed by atoms with Crippen molar-refractivity contribution in [2.45, 2.75) is 57.9 Å². The van der Waals surface area contributed by atoms with E-state index in [-0.39, 0.29) is 36.7 Å². The minimum atomic E-state index is -0.647. The van der Waals surface area contributed by atoms with Crippen molar-refractivity contribution in [2.24, 2.45) is 0 Å². The molecule has 4 atom stereocenters. The standard InChI is InChI=1S/C25H30O8/c1-17(33-28-3)24-13-22(30-18(2)26)14-25(32-24)31-21-11-9-20(10-12-21)23(27)16-29-15-19-7-5-4-6-8-19/h4-12,17,22,24-25H,13-16H2,1-3H3. The fourth-order valence-electron chi connectivity index (χ4n) is 3.59. The number of ketones is 1. The molecule has 0 bridgehead atoms. The van der Waals surface area contributed by atoms with Crippen LogP contribution in [0.2, 0.25) is 0 Å². The van der Waals surface area contributed by atoms with Gasteiger partial charge in [-0.3, -0.25) is 9.59 Å². The second kappa shape index (κ2) is 12.5. The van der Waals surface area contributed by atoms with Gasteiger partial charge in [-0.05, 0) is 36.8 Å². The van der Waals surface area contributed by atoms with Gasteiger partial charge in [0.25, 0.3) is 0 Å². The van der Waals surface area contributed by atoms with E-state index in [1.807, 2.05) is 37.3 Å². The first kappa shape index (κ1) is 24.9. The van der Waals surface area contributed by atoms with Gasteiger partial charge in [0.1, 0.15) is 24.6 Å². The molecule has 0 radical (unpaired) electrons. The van der Waals surface area contributed by atoms with E-state index in [9.17, 15) is 9.59 Å². The summed E-state index contributed by atoms with van der Waals surface area (Å²) in [5.41, 5.74) is 1.54. The number of rotatable bonds is 11. The van der Waals surface area contributed by atoms with Gasteiger partial charge >= 0.3 is 5.97 Å². The lowest BCUT2D eigenvalue weighted by Crippen LogP contribution is -2.45. The molecule has 0 spiro atoms. The summed E-state index contributed by atoms with van der Waals surface area (Å²) in [6, 6.07) is 16.5. The van der Waals surface area contributed by atoms with Gasteiger partial charge in [0.2, 0.25) is 6.29 Å². The molecular weight excluding hydrogens is 428 g/mol. The summed E-state index contributed by atoms with van der Waals surface area (Å²) >= 11 is 0. The van der Waals surface area contributed by atoms with Crippen LogP contribution in [0.25, 0.3) is 0 Å². The zero-order valence-electron chi connectivity index (χ0n) is 19.1. The van der Waals surface area contributed by atoms with E-state index >= 15 is 0 Å². The monoisotopic (exact) mass is 458 g/mol. The topological polar surface area (TPSA) is 89.5 Å². The van der Waals surface area contributed by atoms with Gasteiger partial charge in [-0.2, -0.15) is 0 Å². The number of carbonyl (C=O) groups is 2. The molecule has 2 aromatic carbocycles. The highest BCUT2D eigenvalue weighted by Gasteiger charge is 2.36. The Morgan fingerprint density at radius 1 is 1.06 bits per heavy atom. The normalized spacial score (nSPS) is 21.2. The lowest BCUT2D eigenvalue weighted by molar-refractivity contribution is -0.333. The second-order valence-electron chi connectivity index (χ2n) is 7.82. The van der Waals surface area contributed by atoms with Gasteiger partial charge in [0, 0.05) is 25.3 Å². The molecule has 0 N–H and O–H groups in total. The van der Waals surface area contributed by atoms with Crippen molar-refractivity contribution in [2.75, 3.05) is 13.7 Å². The Hall–Kier alpha value is -2.78. The molecule has 33 heavy (non-hydrogen) atoms. The molecule has 8 nitrogen and oxygen atoms in total. The molecule has 0 aromatic heterocycles. The molecular formula is C25H30O8. The fraction of sp³-hybridized carbons (Fsp3) is 0.440. The third kappa shape index (κ3) is 7.94. The Morgan fingerprint density at radius 2 is 1.79 bits per heavy atom. The highest BCUT2D eigenvalue weighted by molar-refractivity contribution is 5.97. The Morgan fingerprint density at radius 3 is 2.45 bits per heavy atom.